The highest BCUT2D eigenvalue weighted by Crippen LogP contribution is 2.35. The number of hydrogen-bond acceptors (Lipinski definition) is 3. The maximum absolute atomic E-state index is 12.3. The third kappa shape index (κ3) is 4.13. The summed E-state index contributed by atoms with van der Waals surface area (Å²) in [5.41, 5.74) is 0. The normalized spacial score (nSPS) is 14.2. The molecular formula is C7H8F5NO4. The summed E-state index contributed by atoms with van der Waals surface area (Å²) < 4.78 is 59.5. The molecule has 3 N–H and O–H groups in total. The molecule has 1 atom stereocenters. The predicted molar refractivity (Wildman–Crippen MR) is 42.3 cm³/mol. The van der Waals surface area contributed by atoms with Gasteiger partial charge in [-0.25, -0.2) is 4.79 Å². The van der Waals surface area contributed by atoms with Gasteiger partial charge < -0.3 is 15.5 Å². The van der Waals surface area contributed by atoms with Crippen LogP contribution in [-0.2, 0) is 9.59 Å². The van der Waals surface area contributed by atoms with E-state index >= 15 is 0 Å². The highest BCUT2D eigenvalue weighted by molar-refractivity contribution is 5.84. The van der Waals surface area contributed by atoms with Crippen LogP contribution in [0.15, 0.2) is 0 Å². The first kappa shape index (κ1) is 15.5. The van der Waals surface area contributed by atoms with Gasteiger partial charge in [0.05, 0.1) is 0 Å². The van der Waals surface area contributed by atoms with E-state index in [2.05, 4.69) is 0 Å². The fraction of sp³-hybridized carbons (Fsp3) is 0.714. The Morgan fingerprint density at radius 2 is 1.65 bits per heavy atom. The summed E-state index contributed by atoms with van der Waals surface area (Å²) in [4.78, 5) is 20.5. The van der Waals surface area contributed by atoms with Gasteiger partial charge in [-0.3, -0.25) is 4.79 Å². The van der Waals surface area contributed by atoms with E-state index in [4.69, 9.17) is 10.2 Å². The molecule has 0 unspecified atom stereocenters. The Hall–Kier alpha value is -1.45. The number of aliphatic hydroxyl groups excluding tert-OH is 1. The number of carboxylic acid groups (broad SMARTS) is 1. The largest absolute Gasteiger partial charge is 0.479 e. The highest BCUT2D eigenvalue weighted by Gasteiger charge is 2.63. The molecular weight excluding hydrogens is 257 g/mol. The van der Waals surface area contributed by atoms with E-state index in [1.807, 2.05) is 0 Å². The van der Waals surface area contributed by atoms with Gasteiger partial charge in [0.15, 0.2) is 6.10 Å². The molecule has 100 valence electrons. The monoisotopic (exact) mass is 265 g/mol. The third-order valence-corrected chi connectivity index (χ3v) is 1.63. The predicted octanol–water partition coefficient (Wildman–Crippen LogP) is 0.136. The van der Waals surface area contributed by atoms with E-state index in [1.165, 1.54) is 5.32 Å². The zero-order chi connectivity index (χ0) is 13.9. The lowest BCUT2D eigenvalue weighted by Crippen LogP contribution is -2.50. The van der Waals surface area contributed by atoms with Gasteiger partial charge in [-0.1, -0.05) is 0 Å². The topological polar surface area (TPSA) is 86.6 Å². The summed E-state index contributed by atoms with van der Waals surface area (Å²) >= 11 is 0. The van der Waals surface area contributed by atoms with Gasteiger partial charge in [0.2, 0.25) is 0 Å². The smallest absolute Gasteiger partial charge is 0.463 e. The number of carboxylic acids is 1. The number of hydrogen-bond donors (Lipinski definition) is 3. The van der Waals surface area contributed by atoms with Crippen molar-refractivity contribution in [3.05, 3.63) is 0 Å². The molecule has 0 rings (SSSR count). The van der Waals surface area contributed by atoms with E-state index in [-0.39, 0.29) is 0 Å². The number of aliphatic hydroxyl groups is 1. The number of carbonyl (C=O) groups is 2. The summed E-state index contributed by atoms with van der Waals surface area (Å²) in [7, 11) is 0. The van der Waals surface area contributed by atoms with Crippen molar-refractivity contribution >= 4 is 11.9 Å². The maximum atomic E-state index is 12.3. The average molecular weight is 265 g/mol. The van der Waals surface area contributed by atoms with E-state index < -0.39 is 43.0 Å². The number of halogens is 5. The second kappa shape index (κ2) is 5.25. The minimum Gasteiger partial charge on any atom is -0.479 e. The van der Waals surface area contributed by atoms with Crippen molar-refractivity contribution in [1.82, 2.24) is 5.32 Å². The maximum Gasteiger partial charge on any atom is 0.463 e. The molecule has 1 amide bonds. The Morgan fingerprint density at radius 1 is 1.18 bits per heavy atom. The first-order chi connectivity index (χ1) is 7.50. The molecule has 0 aliphatic carbocycles. The fourth-order valence-electron chi connectivity index (χ4n) is 0.686. The van der Waals surface area contributed by atoms with Gasteiger partial charge in [0.25, 0.3) is 5.91 Å². The lowest BCUT2D eigenvalue weighted by molar-refractivity contribution is -0.269. The van der Waals surface area contributed by atoms with Gasteiger partial charge in [-0.15, -0.1) is 0 Å². The molecule has 0 bridgehead atoms. The molecule has 0 aromatic carbocycles. The standard InChI is InChI=1S/C7H8F5NO4/c8-6(9,7(10,11)12)5(17)13-2-1-3(14)4(15)16/h3,14H,1-2H2,(H,13,17)(H,15,16)/t3-/m0/s1. The van der Waals surface area contributed by atoms with Crippen molar-refractivity contribution in [1.29, 1.82) is 0 Å². The zero-order valence-corrected chi connectivity index (χ0v) is 8.09. The Balaban J connectivity index is 4.25. The molecule has 0 radical (unpaired) electrons. The Labute approximate surface area is 91.2 Å². The molecule has 0 aromatic rings. The Bertz CT molecular complexity index is 303. The van der Waals surface area contributed by atoms with Crippen LogP contribution < -0.4 is 5.32 Å². The lowest BCUT2D eigenvalue weighted by Gasteiger charge is -2.18. The summed E-state index contributed by atoms with van der Waals surface area (Å²) in [5, 5.41) is 18.0. The van der Waals surface area contributed by atoms with Gasteiger partial charge in [-0.05, 0) is 0 Å². The summed E-state index contributed by atoms with van der Waals surface area (Å²) in [6.45, 7) is -0.821. The molecule has 0 saturated carbocycles. The lowest BCUT2D eigenvalue weighted by atomic mass is 10.2. The fourth-order valence-corrected chi connectivity index (χ4v) is 0.686. The van der Waals surface area contributed by atoms with Crippen LogP contribution in [0.1, 0.15) is 6.42 Å². The van der Waals surface area contributed by atoms with Crippen LogP contribution in [0.5, 0.6) is 0 Å². The Kier molecular flexibility index (Phi) is 4.81. The van der Waals surface area contributed by atoms with Crippen molar-refractivity contribution in [2.75, 3.05) is 6.54 Å². The second-order valence-electron chi connectivity index (χ2n) is 2.97. The second-order valence-corrected chi connectivity index (χ2v) is 2.97. The molecule has 0 aliphatic heterocycles. The van der Waals surface area contributed by atoms with Crippen LogP contribution in [0.2, 0.25) is 0 Å². The van der Waals surface area contributed by atoms with E-state index in [0.717, 1.165) is 0 Å². The van der Waals surface area contributed by atoms with Crippen molar-refractivity contribution in [3.63, 3.8) is 0 Å². The number of amides is 1. The molecule has 0 aromatic heterocycles. The van der Waals surface area contributed by atoms with Crippen molar-refractivity contribution < 1.29 is 41.8 Å². The molecule has 0 spiro atoms. The molecule has 0 aliphatic rings. The molecule has 0 heterocycles. The van der Waals surface area contributed by atoms with Crippen molar-refractivity contribution in [3.8, 4) is 0 Å². The van der Waals surface area contributed by atoms with Crippen LogP contribution in [0, 0.1) is 0 Å². The van der Waals surface area contributed by atoms with Crippen LogP contribution in [0.3, 0.4) is 0 Å². The molecule has 0 fully saturated rings. The van der Waals surface area contributed by atoms with Crippen LogP contribution in [-0.4, -0.2) is 46.8 Å². The molecule has 17 heavy (non-hydrogen) atoms. The average Bonchev–Trinajstić information content (AvgIpc) is 2.15. The Morgan fingerprint density at radius 3 is 2.00 bits per heavy atom. The van der Waals surface area contributed by atoms with Crippen LogP contribution in [0.25, 0.3) is 0 Å². The van der Waals surface area contributed by atoms with Gasteiger partial charge in [0, 0.05) is 13.0 Å². The number of rotatable bonds is 5. The first-order valence-electron chi connectivity index (χ1n) is 4.14. The summed E-state index contributed by atoms with van der Waals surface area (Å²) in [6, 6.07) is 0. The van der Waals surface area contributed by atoms with Crippen LogP contribution >= 0.6 is 0 Å². The minimum atomic E-state index is -6.03. The third-order valence-electron chi connectivity index (χ3n) is 1.63. The highest BCUT2D eigenvalue weighted by atomic mass is 19.4. The number of carbonyl (C=O) groups excluding carboxylic acids is 1. The van der Waals surface area contributed by atoms with E-state index in [1.54, 1.807) is 0 Å². The van der Waals surface area contributed by atoms with Gasteiger partial charge in [-0.2, -0.15) is 22.0 Å². The summed E-state index contributed by atoms with van der Waals surface area (Å²) in [6.07, 6.45) is -8.66. The number of aliphatic carboxylic acids is 1. The van der Waals surface area contributed by atoms with Gasteiger partial charge in [0.1, 0.15) is 0 Å². The minimum absolute atomic E-state index is 0.686. The molecule has 10 heteroatoms. The van der Waals surface area contributed by atoms with Crippen LogP contribution in [0.4, 0.5) is 22.0 Å². The van der Waals surface area contributed by atoms with E-state index in [0.29, 0.717) is 0 Å². The molecule has 0 saturated heterocycles. The summed E-state index contributed by atoms with van der Waals surface area (Å²) in [5.74, 6) is -9.83. The van der Waals surface area contributed by atoms with E-state index in [9.17, 15) is 31.5 Å². The molecule has 5 nitrogen and oxygen atoms in total. The number of nitrogens with one attached hydrogen (secondary N) is 1. The van der Waals surface area contributed by atoms with Crippen molar-refractivity contribution in [2.24, 2.45) is 0 Å². The first-order valence-corrected chi connectivity index (χ1v) is 4.14. The number of alkyl halides is 5. The van der Waals surface area contributed by atoms with Crippen molar-refractivity contribution in [2.45, 2.75) is 24.6 Å². The van der Waals surface area contributed by atoms with Gasteiger partial charge >= 0.3 is 18.1 Å². The zero-order valence-electron chi connectivity index (χ0n) is 8.09. The quantitative estimate of drug-likeness (QED) is 0.617. The SMILES string of the molecule is O=C(O)[C@@H](O)CCNC(=O)C(F)(F)C(F)(F)F.